The fraction of sp³-hybridized carbons (Fsp3) is 0.444. The van der Waals surface area contributed by atoms with E-state index < -0.39 is 6.04 Å². The van der Waals surface area contributed by atoms with Gasteiger partial charge in [0.15, 0.2) is 0 Å². The second-order valence-corrected chi connectivity index (χ2v) is 9.01. The highest BCUT2D eigenvalue weighted by Gasteiger charge is 2.36. The monoisotopic (exact) mass is 447 g/mol. The van der Waals surface area contributed by atoms with Crippen molar-refractivity contribution in [1.82, 2.24) is 15.1 Å². The van der Waals surface area contributed by atoms with Gasteiger partial charge in [-0.25, -0.2) is 0 Å². The zero-order chi connectivity index (χ0) is 23.0. The summed E-state index contributed by atoms with van der Waals surface area (Å²) in [6.07, 6.45) is 4.99. The first kappa shape index (κ1) is 23.0. The fourth-order valence-electron chi connectivity index (χ4n) is 4.81. The molecule has 1 N–H and O–H groups in total. The largest absolute Gasteiger partial charge is 0.353 e. The Kier molecular flexibility index (Phi) is 7.76. The highest BCUT2D eigenvalue weighted by molar-refractivity contribution is 5.89. The molecule has 0 saturated carbocycles. The minimum Gasteiger partial charge on any atom is -0.353 e. The normalized spacial score (nSPS) is 18.1. The van der Waals surface area contributed by atoms with E-state index in [2.05, 4.69) is 5.32 Å². The molecule has 0 aliphatic carbocycles. The average Bonchev–Trinajstić information content (AvgIpc) is 2.86. The standard InChI is InChI=1S/C27H33N3O3/c31-24(15-14-21-9-3-1-4-10-21)28-23-16-19-29(20-17-23)27(33)26(22-11-5-2-6-12-22)30-18-8-7-13-25(30)32/h1-6,9-12,23,26H,7-8,13-20H2,(H,28,31). The third kappa shape index (κ3) is 6.01. The van der Waals surface area contributed by atoms with Crippen molar-refractivity contribution in [2.24, 2.45) is 0 Å². The molecule has 33 heavy (non-hydrogen) atoms. The van der Waals surface area contributed by atoms with E-state index in [0.29, 0.717) is 32.5 Å². The van der Waals surface area contributed by atoms with Crippen molar-refractivity contribution in [2.75, 3.05) is 19.6 Å². The van der Waals surface area contributed by atoms with Crippen LogP contribution in [0.2, 0.25) is 0 Å². The van der Waals surface area contributed by atoms with Crippen LogP contribution in [0.25, 0.3) is 0 Å². The number of rotatable bonds is 7. The molecule has 0 bridgehead atoms. The van der Waals surface area contributed by atoms with Crippen LogP contribution in [-0.2, 0) is 20.8 Å². The molecule has 0 aromatic heterocycles. The maximum absolute atomic E-state index is 13.6. The summed E-state index contributed by atoms with van der Waals surface area (Å²) in [5, 5.41) is 3.14. The Bertz CT molecular complexity index is 940. The Labute approximate surface area is 196 Å². The molecule has 6 nitrogen and oxygen atoms in total. The molecule has 2 aromatic carbocycles. The summed E-state index contributed by atoms with van der Waals surface area (Å²) in [5.74, 6) is 0.110. The van der Waals surface area contributed by atoms with Gasteiger partial charge in [0.1, 0.15) is 6.04 Å². The van der Waals surface area contributed by atoms with Gasteiger partial charge in [-0.2, -0.15) is 0 Å². The minimum atomic E-state index is -0.559. The molecule has 2 heterocycles. The highest BCUT2D eigenvalue weighted by Crippen LogP contribution is 2.28. The second-order valence-electron chi connectivity index (χ2n) is 9.01. The van der Waals surface area contributed by atoms with Crippen LogP contribution in [0.1, 0.15) is 55.7 Å². The maximum atomic E-state index is 13.6. The number of piperidine rings is 2. The summed E-state index contributed by atoms with van der Waals surface area (Å²) >= 11 is 0. The predicted molar refractivity (Wildman–Crippen MR) is 127 cm³/mol. The van der Waals surface area contributed by atoms with Crippen molar-refractivity contribution in [1.29, 1.82) is 0 Å². The molecule has 4 rings (SSSR count). The highest BCUT2D eigenvalue weighted by atomic mass is 16.2. The lowest BCUT2D eigenvalue weighted by atomic mass is 9.98. The Hall–Kier alpha value is -3.15. The molecular weight excluding hydrogens is 414 g/mol. The number of nitrogens with zero attached hydrogens (tertiary/aromatic N) is 2. The molecule has 2 aromatic rings. The number of amides is 3. The molecule has 2 aliphatic rings. The average molecular weight is 448 g/mol. The maximum Gasteiger partial charge on any atom is 0.250 e. The van der Waals surface area contributed by atoms with Gasteiger partial charge in [-0.1, -0.05) is 60.7 Å². The van der Waals surface area contributed by atoms with Crippen molar-refractivity contribution < 1.29 is 14.4 Å². The number of aryl methyl sites for hydroxylation is 1. The van der Waals surface area contributed by atoms with Crippen LogP contribution < -0.4 is 5.32 Å². The molecule has 2 fully saturated rings. The van der Waals surface area contributed by atoms with E-state index >= 15 is 0 Å². The van der Waals surface area contributed by atoms with E-state index in [4.69, 9.17) is 0 Å². The fourth-order valence-corrected chi connectivity index (χ4v) is 4.81. The van der Waals surface area contributed by atoms with Crippen LogP contribution in [-0.4, -0.2) is 53.2 Å². The summed E-state index contributed by atoms with van der Waals surface area (Å²) in [7, 11) is 0. The Balaban J connectivity index is 1.33. The summed E-state index contributed by atoms with van der Waals surface area (Å²) in [6, 6.07) is 19.2. The van der Waals surface area contributed by atoms with E-state index in [-0.39, 0.29) is 23.8 Å². The number of hydrogen-bond acceptors (Lipinski definition) is 3. The quantitative estimate of drug-likeness (QED) is 0.707. The van der Waals surface area contributed by atoms with Gasteiger partial charge in [-0.05, 0) is 43.2 Å². The molecular formula is C27H33N3O3. The number of nitrogens with one attached hydrogen (secondary N) is 1. The Morgan fingerprint density at radius 3 is 2.24 bits per heavy atom. The molecule has 1 unspecified atom stereocenters. The summed E-state index contributed by atoms with van der Waals surface area (Å²) in [4.78, 5) is 42.2. The van der Waals surface area contributed by atoms with Crippen molar-refractivity contribution in [3.05, 3.63) is 71.8 Å². The van der Waals surface area contributed by atoms with Gasteiger partial charge in [0.25, 0.3) is 0 Å². The van der Waals surface area contributed by atoms with Crippen molar-refractivity contribution in [2.45, 2.75) is 57.0 Å². The number of likely N-dealkylation sites (tertiary alicyclic amines) is 2. The lowest BCUT2D eigenvalue weighted by Crippen LogP contribution is -2.51. The van der Waals surface area contributed by atoms with Crippen LogP contribution >= 0.6 is 0 Å². The Morgan fingerprint density at radius 1 is 0.909 bits per heavy atom. The van der Waals surface area contributed by atoms with Gasteiger partial charge in [-0.3, -0.25) is 14.4 Å². The van der Waals surface area contributed by atoms with Gasteiger partial charge >= 0.3 is 0 Å². The van der Waals surface area contributed by atoms with Gasteiger partial charge in [-0.15, -0.1) is 0 Å². The van der Waals surface area contributed by atoms with E-state index in [9.17, 15) is 14.4 Å². The minimum absolute atomic E-state index is 0.00898. The topological polar surface area (TPSA) is 69.7 Å². The summed E-state index contributed by atoms with van der Waals surface area (Å²) in [5.41, 5.74) is 2.03. The van der Waals surface area contributed by atoms with E-state index in [1.54, 1.807) is 4.90 Å². The SMILES string of the molecule is O=C(CCc1ccccc1)NC1CCN(C(=O)C(c2ccccc2)N2CCCCC2=O)CC1. The van der Waals surface area contributed by atoms with Crippen molar-refractivity contribution in [3.8, 4) is 0 Å². The van der Waals surface area contributed by atoms with Crippen LogP contribution in [0.4, 0.5) is 0 Å². The molecule has 0 spiro atoms. The lowest BCUT2D eigenvalue weighted by molar-refractivity contribution is -0.148. The molecule has 174 valence electrons. The van der Waals surface area contributed by atoms with Crippen LogP contribution in [0.3, 0.4) is 0 Å². The lowest BCUT2D eigenvalue weighted by Gasteiger charge is -2.39. The van der Waals surface area contributed by atoms with Crippen LogP contribution in [0, 0.1) is 0 Å². The number of carbonyl (C=O) groups is 3. The van der Waals surface area contributed by atoms with Crippen molar-refractivity contribution >= 4 is 17.7 Å². The summed E-state index contributed by atoms with van der Waals surface area (Å²) in [6.45, 7) is 1.81. The molecule has 0 radical (unpaired) electrons. The zero-order valence-electron chi connectivity index (χ0n) is 19.1. The third-order valence-corrected chi connectivity index (χ3v) is 6.68. The van der Waals surface area contributed by atoms with Gasteiger partial charge in [0.2, 0.25) is 17.7 Å². The second kappa shape index (κ2) is 11.1. The van der Waals surface area contributed by atoms with E-state index in [1.807, 2.05) is 65.6 Å². The zero-order valence-corrected chi connectivity index (χ0v) is 19.1. The first-order chi connectivity index (χ1) is 16.1. The van der Waals surface area contributed by atoms with Gasteiger partial charge in [0, 0.05) is 38.5 Å². The molecule has 2 saturated heterocycles. The first-order valence-corrected chi connectivity index (χ1v) is 12.1. The first-order valence-electron chi connectivity index (χ1n) is 12.1. The van der Waals surface area contributed by atoms with Gasteiger partial charge < -0.3 is 15.1 Å². The van der Waals surface area contributed by atoms with Crippen LogP contribution in [0.5, 0.6) is 0 Å². The van der Waals surface area contributed by atoms with Crippen molar-refractivity contribution in [3.63, 3.8) is 0 Å². The van der Waals surface area contributed by atoms with E-state index in [1.165, 1.54) is 0 Å². The van der Waals surface area contributed by atoms with Crippen LogP contribution in [0.15, 0.2) is 60.7 Å². The number of benzene rings is 2. The van der Waals surface area contributed by atoms with E-state index in [0.717, 1.165) is 43.2 Å². The number of hydrogen-bond donors (Lipinski definition) is 1. The summed E-state index contributed by atoms with van der Waals surface area (Å²) < 4.78 is 0. The predicted octanol–water partition coefficient (Wildman–Crippen LogP) is 3.48. The molecule has 2 aliphatic heterocycles. The molecule has 3 amide bonds. The smallest absolute Gasteiger partial charge is 0.250 e. The number of carbonyl (C=O) groups excluding carboxylic acids is 3. The third-order valence-electron chi connectivity index (χ3n) is 6.68. The molecule has 1 atom stereocenters. The molecule has 6 heteroatoms. The van der Waals surface area contributed by atoms with Gasteiger partial charge in [0.05, 0.1) is 0 Å². The Morgan fingerprint density at radius 2 is 1.58 bits per heavy atom.